The quantitative estimate of drug-likeness (QED) is 0.728. The van der Waals surface area contributed by atoms with E-state index in [1.165, 1.54) is 12.8 Å². The van der Waals surface area contributed by atoms with Crippen molar-refractivity contribution >= 4 is 11.8 Å². The molecule has 0 bridgehead atoms. The first-order valence-corrected chi connectivity index (χ1v) is 6.43. The maximum atomic E-state index is 5.19. The number of nitrogens with zero attached hydrogens (tertiary/aromatic N) is 1. The van der Waals surface area contributed by atoms with Crippen molar-refractivity contribution in [1.82, 2.24) is 10.3 Å². The van der Waals surface area contributed by atoms with Gasteiger partial charge in [0.1, 0.15) is 6.26 Å². The number of aromatic nitrogens is 1. The second-order valence-corrected chi connectivity index (χ2v) is 5.04. The Morgan fingerprint density at radius 3 is 2.73 bits per heavy atom. The molecule has 0 radical (unpaired) electrons. The summed E-state index contributed by atoms with van der Waals surface area (Å²) in [6, 6.07) is 0.637. The van der Waals surface area contributed by atoms with Crippen LogP contribution >= 0.6 is 11.8 Å². The van der Waals surface area contributed by atoms with Gasteiger partial charge in [0.2, 0.25) is 0 Å². The van der Waals surface area contributed by atoms with Crippen LogP contribution in [0.25, 0.3) is 0 Å². The SMILES string of the molecule is CCC(CC)NCC(C)Sc1ncco1. The first-order valence-electron chi connectivity index (χ1n) is 5.55. The summed E-state index contributed by atoms with van der Waals surface area (Å²) in [4.78, 5) is 4.09. The number of thioether (sulfide) groups is 1. The molecule has 1 rings (SSSR count). The average molecular weight is 228 g/mol. The average Bonchev–Trinajstić information content (AvgIpc) is 2.72. The van der Waals surface area contributed by atoms with Crippen molar-refractivity contribution in [3.63, 3.8) is 0 Å². The molecule has 1 N–H and O–H groups in total. The van der Waals surface area contributed by atoms with E-state index in [9.17, 15) is 0 Å². The highest BCUT2D eigenvalue weighted by Gasteiger charge is 2.09. The molecule has 0 saturated carbocycles. The van der Waals surface area contributed by atoms with Crippen molar-refractivity contribution in [3.05, 3.63) is 12.5 Å². The fourth-order valence-electron chi connectivity index (χ4n) is 1.39. The Morgan fingerprint density at radius 2 is 2.20 bits per heavy atom. The third-order valence-corrected chi connectivity index (χ3v) is 3.36. The second kappa shape index (κ2) is 6.90. The van der Waals surface area contributed by atoms with E-state index in [-0.39, 0.29) is 0 Å². The maximum Gasteiger partial charge on any atom is 0.255 e. The molecule has 4 heteroatoms. The molecule has 0 aliphatic rings. The predicted molar refractivity (Wildman–Crippen MR) is 64.2 cm³/mol. The number of oxazole rings is 1. The lowest BCUT2D eigenvalue weighted by atomic mass is 10.2. The molecule has 0 amide bonds. The Balaban J connectivity index is 2.21. The molecule has 1 aromatic rings. The van der Waals surface area contributed by atoms with Gasteiger partial charge in [-0.25, -0.2) is 4.98 Å². The minimum atomic E-state index is 0.490. The summed E-state index contributed by atoms with van der Waals surface area (Å²) in [6.45, 7) is 7.61. The lowest BCUT2D eigenvalue weighted by Crippen LogP contribution is -2.32. The van der Waals surface area contributed by atoms with E-state index >= 15 is 0 Å². The van der Waals surface area contributed by atoms with Gasteiger partial charge in [-0.05, 0) is 12.8 Å². The summed E-state index contributed by atoms with van der Waals surface area (Å²) in [5.74, 6) is 0. The maximum absolute atomic E-state index is 5.19. The zero-order valence-corrected chi connectivity index (χ0v) is 10.5. The van der Waals surface area contributed by atoms with Crippen LogP contribution in [0.2, 0.25) is 0 Å². The van der Waals surface area contributed by atoms with Crippen LogP contribution in [0.5, 0.6) is 0 Å². The molecule has 86 valence electrons. The summed E-state index contributed by atoms with van der Waals surface area (Å²) in [7, 11) is 0. The van der Waals surface area contributed by atoms with E-state index in [0.717, 1.165) is 11.8 Å². The molecular weight excluding hydrogens is 208 g/mol. The van der Waals surface area contributed by atoms with Crippen molar-refractivity contribution in [1.29, 1.82) is 0 Å². The van der Waals surface area contributed by atoms with E-state index < -0.39 is 0 Å². The topological polar surface area (TPSA) is 38.1 Å². The molecule has 1 unspecified atom stereocenters. The number of hydrogen-bond acceptors (Lipinski definition) is 4. The Bertz CT molecular complexity index is 247. The van der Waals surface area contributed by atoms with Gasteiger partial charge in [-0.1, -0.05) is 32.5 Å². The highest BCUT2D eigenvalue weighted by Crippen LogP contribution is 2.20. The largest absolute Gasteiger partial charge is 0.440 e. The van der Waals surface area contributed by atoms with Crippen LogP contribution in [-0.2, 0) is 0 Å². The Kier molecular flexibility index (Phi) is 5.79. The predicted octanol–water partition coefficient (Wildman–Crippen LogP) is 2.93. The lowest BCUT2D eigenvalue weighted by Gasteiger charge is -2.17. The van der Waals surface area contributed by atoms with E-state index in [4.69, 9.17) is 4.42 Å². The zero-order chi connectivity index (χ0) is 11.1. The van der Waals surface area contributed by atoms with Gasteiger partial charge < -0.3 is 9.73 Å². The van der Waals surface area contributed by atoms with E-state index in [2.05, 4.69) is 31.1 Å². The molecule has 1 aromatic heterocycles. The Hall–Kier alpha value is -0.480. The molecule has 0 aromatic carbocycles. The molecule has 0 aliphatic heterocycles. The summed E-state index contributed by atoms with van der Waals surface area (Å²) in [5, 5.41) is 4.79. The molecule has 0 saturated heterocycles. The van der Waals surface area contributed by atoms with Crippen molar-refractivity contribution in [2.75, 3.05) is 6.54 Å². The van der Waals surface area contributed by atoms with Gasteiger partial charge in [0.25, 0.3) is 5.22 Å². The zero-order valence-electron chi connectivity index (χ0n) is 9.69. The van der Waals surface area contributed by atoms with Gasteiger partial charge in [0.15, 0.2) is 0 Å². The highest BCUT2D eigenvalue weighted by molar-refractivity contribution is 7.99. The first-order chi connectivity index (χ1) is 7.26. The van der Waals surface area contributed by atoms with Crippen LogP contribution in [-0.4, -0.2) is 22.8 Å². The number of nitrogens with one attached hydrogen (secondary N) is 1. The minimum absolute atomic E-state index is 0.490. The van der Waals surface area contributed by atoms with Crippen LogP contribution < -0.4 is 5.32 Å². The molecule has 0 aliphatic carbocycles. The van der Waals surface area contributed by atoms with Crippen LogP contribution in [0.3, 0.4) is 0 Å². The van der Waals surface area contributed by atoms with Gasteiger partial charge in [0.05, 0.1) is 6.20 Å². The van der Waals surface area contributed by atoms with Crippen LogP contribution in [0.1, 0.15) is 33.6 Å². The van der Waals surface area contributed by atoms with Crippen LogP contribution in [0.4, 0.5) is 0 Å². The van der Waals surface area contributed by atoms with Crippen molar-refractivity contribution in [2.24, 2.45) is 0 Å². The molecule has 0 fully saturated rings. The van der Waals surface area contributed by atoms with Gasteiger partial charge in [-0.15, -0.1) is 0 Å². The third-order valence-electron chi connectivity index (χ3n) is 2.39. The van der Waals surface area contributed by atoms with Crippen molar-refractivity contribution in [2.45, 2.75) is 50.1 Å². The molecule has 1 heterocycles. The number of rotatable bonds is 7. The smallest absolute Gasteiger partial charge is 0.255 e. The van der Waals surface area contributed by atoms with Gasteiger partial charge >= 0.3 is 0 Å². The van der Waals surface area contributed by atoms with E-state index in [1.807, 2.05) is 0 Å². The third kappa shape index (κ3) is 4.71. The standard InChI is InChI=1S/C11H20N2OS/c1-4-10(5-2)13-8-9(3)15-11-12-6-7-14-11/h6-7,9-10,13H,4-5,8H2,1-3H3. The van der Waals surface area contributed by atoms with Crippen LogP contribution in [0, 0.1) is 0 Å². The van der Waals surface area contributed by atoms with Crippen molar-refractivity contribution < 1.29 is 4.42 Å². The minimum Gasteiger partial charge on any atom is -0.440 e. The van der Waals surface area contributed by atoms with E-state index in [1.54, 1.807) is 24.2 Å². The molecule has 3 nitrogen and oxygen atoms in total. The number of hydrogen-bond donors (Lipinski definition) is 1. The Morgan fingerprint density at radius 1 is 1.47 bits per heavy atom. The fraction of sp³-hybridized carbons (Fsp3) is 0.727. The first kappa shape index (κ1) is 12.6. The van der Waals surface area contributed by atoms with Gasteiger partial charge in [0, 0.05) is 17.8 Å². The molecule has 1 atom stereocenters. The monoisotopic (exact) mass is 228 g/mol. The van der Waals surface area contributed by atoms with Crippen molar-refractivity contribution in [3.8, 4) is 0 Å². The summed E-state index contributed by atoms with van der Waals surface area (Å²) in [6.07, 6.45) is 5.67. The molecular formula is C11H20N2OS. The second-order valence-electron chi connectivity index (χ2n) is 3.65. The normalized spacial score (nSPS) is 13.3. The lowest BCUT2D eigenvalue weighted by molar-refractivity contribution is 0.450. The van der Waals surface area contributed by atoms with Gasteiger partial charge in [-0.2, -0.15) is 0 Å². The van der Waals surface area contributed by atoms with Gasteiger partial charge in [-0.3, -0.25) is 0 Å². The van der Waals surface area contributed by atoms with E-state index in [0.29, 0.717) is 11.3 Å². The summed E-state index contributed by atoms with van der Waals surface area (Å²) in [5.41, 5.74) is 0. The highest BCUT2D eigenvalue weighted by atomic mass is 32.2. The summed E-state index contributed by atoms with van der Waals surface area (Å²) < 4.78 is 5.19. The Labute approximate surface area is 96.0 Å². The fourth-order valence-corrected chi connectivity index (χ4v) is 2.15. The van der Waals surface area contributed by atoms with Crippen LogP contribution in [0.15, 0.2) is 22.1 Å². The molecule has 0 spiro atoms. The summed E-state index contributed by atoms with van der Waals surface area (Å²) >= 11 is 1.67. The molecule has 15 heavy (non-hydrogen) atoms.